The number of Topliss-reactive ketones (excluding diaryl/α,β-unsaturated/α-hetero) is 1. The molecule has 13 heteroatoms. The molecule has 1 saturated heterocycles. The Balaban J connectivity index is 1.41. The number of hydrogen-bond acceptors (Lipinski definition) is 12. The molecule has 0 saturated carbocycles. The van der Waals surface area contributed by atoms with Gasteiger partial charge in [-0.3, -0.25) is 4.79 Å². The Labute approximate surface area is 269 Å². The number of hydrogen-bond donors (Lipinski definition) is 4. The first kappa shape index (κ1) is 33.4. The van der Waals surface area contributed by atoms with E-state index in [1.54, 1.807) is 51.1 Å². The molecule has 0 unspecified atom stereocenters. The molecule has 1 aromatic heterocycles. The summed E-state index contributed by atoms with van der Waals surface area (Å²) in [6.07, 6.45) is -6.53. The zero-order chi connectivity index (χ0) is 34.0. The van der Waals surface area contributed by atoms with Crippen molar-refractivity contribution >= 4 is 22.8 Å². The maximum Gasteiger partial charge on any atom is 0.404 e. The van der Waals surface area contributed by atoms with Crippen LogP contribution in [0, 0.1) is 6.92 Å². The van der Waals surface area contributed by atoms with E-state index in [9.17, 15) is 24.6 Å². The van der Waals surface area contributed by atoms with E-state index in [1.807, 2.05) is 18.2 Å². The van der Waals surface area contributed by atoms with E-state index in [1.165, 1.54) is 19.2 Å². The Hall–Kier alpha value is -4.95. The maximum atomic E-state index is 13.3. The Morgan fingerprint density at radius 3 is 2.43 bits per heavy atom. The predicted octanol–water partition coefficient (Wildman–Crippen LogP) is 3.84. The summed E-state index contributed by atoms with van der Waals surface area (Å²) in [6.45, 7) is 5.08. The smallest absolute Gasteiger partial charge is 0.404 e. The Morgan fingerprint density at radius 1 is 1.04 bits per heavy atom. The van der Waals surface area contributed by atoms with Gasteiger partial charge in [-0.2, -0.15) is 0 Å². The molecule has 4 atom stereocenters. The molecule has 4 aromatic rings. The quantitative estimate of drug-likeness (QED) is 0.143. The van der Waals surface area contributed by atoms with Crippen LogP contribution in [0.25, 0.3) is 11.0 Å². The predicted molar refractivity (Wildman–Crippen MR) is 169 cm³/mol. The van der Waals surface area contributed by atoms with Gasteiger partial charge in [0.2, 0.25) is 6.29 Å². The lowest BCUT2D eigenvalue weighted by Gasteiger charge is -2.47. The van der Waals surface area contributed by atoms with E-state index < -0.39 is 59.9 Å². The molecule has 0 spiro atoms. The molecule has 1 fully saturated rings. The number of ketones is 1. The fraction of sp³-hybridized carbons (Fsp3) is 0.324. The molecular formula is C34H36N2O11. The van der Waals surface area contributed by atoms with Crippen LogP contribution in [0.15, 0.2) is 69.9 Å². The third-order valence-electron chi connectivity index (χ3n) is 8.02. The number of ether oxygens (including phenoxy) is 5. The molecule has 1 aliphatic rings. The number of aliphatic hydroxyl groups excluding tert-OH is 1. The first-order valence-electron chi connectivity index (χ1n) is 14.7. The minimum atomic E-state index is -1.51. The minimum absolute atomic E-state index is 0.00342. The number of methoxy groups -OCH3 is 1. The second-order valence-electron chi connectivity index (χ2n) is 11.6. The number of aliphatic hydroxyl groups is 1. The number of aromatic hydroxyl groups is 1. The normalized spacial score (nSPS) is 20.5. The lowest BCUT2D eigenvalue weighted by Crippen LogP contribution is -2.65. The maximum absolute atomic E-state index is 13.3. The number of primary amides is 1. The average molecular weight is 649 g/mol. The molecule has 1 amide bonds. The monoisotopic (exact) mass is 648 g/mol. The highest BCUT2D eigenvalue weighted by Gasteiger charge is 2.53. The average Bonchev–Trinajstić information content (AvgIpc) is 3.03. The summed E-state index contributed by atoms with van der Waals surface area (Å²) in [6, 6.07) is 16.7. The third-order valence-corrected chi connectivity index (χ3v) is 8.02. The van der Waals surface area contributed by atoms with Gasteiger partial charge >= 0.3 is 11.7 Å². The van der Waals surface area contributed by atoms with E-state index in [0.717, 1.165) is 0 Å². The highest BCUT2D eigenvalue weighted by atomic mass is 16.7. The van der Waals surface area contributed by atoms with Gasteiger partial charge in [0.05, 0.1) is 16.6 Å². The van der Waals surface area contributed by atoms with Gasteiger partial charge < -0.3 is 49.8 Å². The van der Waals surface area contributed by atoms with Crippen molar-refractivity contribution in [1.29, 1.82) is 0 Å². The molecule has 248 valence electrons. The van der Waals surface area contributed by atoms with Gasteiger partial charge in [-0.05, 0) is 51.1 Å². The number of benzene rings is 3. The number of amides is 1. The fourth-order valence-electron chi connectivity index (χ4n) is 5.63. The van der Waals surface area contributed by atoms with Gasteiger partial charge in [0.1, 0.15) is 34.7 Å². The SMILES string of the molecule is CO[C@@H]1[C@@H](OC(N)=O)[C@@H](O)[C@H](Oc2ccc3c(O)c(CC(=O)c4ccc(CN)c(Oc5ccccc5)c4)c(=O)oc3c2C)OC1(C)C. The summed E-state index contributed by atoms with van der Waals surface area (Å²) in [7, 11) is 1.37. The molecule has 6 N–H and O–H groups in total. The molecule has 2 heterocycles. The lowest BCUT2D eigenvalue weighted by atomic mass is 9.89. The van der Waals surface area contributed by atoms with Crippen molar-refractivity contribution in [3.8, 4) is 23.0 Å². The Bertz CT molecular complexity index is 1850. The van der Waals surface area contributed by atoms with Gasteiger partial charge in [-0.25, -0.2) is 9.59 Å². The summed E-state index contributed by atoms with van der Waals surface area (Å²) in [4.78, 5) is 38.0. The first-order valence-corrected chi connectivity index (χ1v) is 14.7. The van der Waals surface area contributed by atoms with E-state index in [0.29, 0.717) is 22.6 Å². The number of carbonyl (C=O) groups is 2. The van der Waals surface area contributed by atoms with Crippen LogP contribution in [-0.2, 0) is 27.2 Å². The van der Waals surface area contributed by atoms with Crippen molar-refractivity contribution in [3.05, 3.63) is 93.3 Å². The molecule has 3 aromatic carbocycles. The van der Waals surface area contributed by atoms with Crippen molar-refractivity contribution in [3.63, 3.8) is 0 Å². The van der Waals surface area contributed by atoms with Crippen molar-refractivity contribution in [2.45, 2.75) is 63.9 Å². The van der Waals surface area contributed by atoms with Gasteiger partial charge in [-0.1, -0.05) is 30.3 Å². The van der Waals surface area contributed by atoms with Crippen LogP contribution in [0.5, 0.6) is 23.0 Å². The van der Waals surface area contributed by atoms with Crippen LogP contribution >= 0.6 is 0 Å². The topological polar surface area (TPSA) is 203 Å². The summed E-state index contributed by atoms with van der Waals surface area (Å²) in [5, 5.41) is 22.3. The van der Waals surface area contributed by atoms with Gasteiger partial charge in [0.25, 0.3) is 0 Å². The van der Waals surface area contributed by atoms with Crippen LogP contribution in [0.1, 0.15) is 40.9 Å². The van der Waals surface area contributed by atoms with Gasteiger partial charge in [-0.15, -0.1) is 0 Å². The Kier molecular flexibility index (Phi) is 9.54. The van der Waals surface area contributed by atoms with Crippen LogP contribution in [0.3, 0.4) is 0 Å². The fourth-order valence-corrected chi connectivity index (χ4v) is 5.63. The largest absolute Gasteiger partial charge is 0.507 e. The number of para-hydroxylation sites is 1. The molecule has 13 nitrogen and oxygen atoms in total. The number of fused-ring (bicyclic) bond motifs is 1. The van der Waals surface area contributed by atoms with E-state index >= 15 is 0 Å². The second kappa shape index (κ2) is 13.4. The summed E-state index contributed by atoms with van der Waals surface area (Å²) >= 11 is 0. The summed E-state index contributed by atoms with van der Waals surface area (Å²) < 4.78 is 34.0. The van der Waals surface area contributed by atoms with Crippen molar-refractivity contribution in [2.75, 3.05) is 7.11 Å². The zero-order valence-corrected chi connectivity index (χ0v) is 26.2. The first-order chi connectivity index (χ1) is 22.3. The van der Waals surface area contributed by atoms with E-state index in [4.69, 9.17) is 39.6 Å². The molecule has 0 radical (unpaired) electrons. The summed E-state index contributed by atoms with van der Waals surface area (Å²) in [5.74, 6) is 0.209. The highest BCUT2D eigenvalue weighted by molar-refractivity contribution is 5.99. The van der Waals surface area contributed by atoms with Gasteiger partial charge in [0, 0.05) is 36.8 Å². The minimum Gasteiger partial charge on any atom is -0.507 e. The lowest BCUT2D eigenvalue weighted by molar-refractivity contribution is -0.304. The van der Waals surface area contributed by atoms with Crippen molar-refractivity contribution < 1.29 is 47.9 Å². The van der Waals surface area contributed by atoms with Crippen molar-refractivity contribution in [1.82, 2.24) is 0 Å². The molecule has 1 aliphatic heterocycles. The molecule has 5 rings (SSSR count). The number of carbonyl (C=O) groups excluding carboxylic acids is 2. The molecular weight excluding hydrogens is 612 g/mol. The molecule has 47 heavy (non-hydrogen) atoms. The standard InChI is InChI=1S/C34H36N2O11/c1-17-24(44-32-27(39)29(46-33(36)41)30(42-4)34(2,3)47-32)13-12-21-26(38)22(31(40)45-28(17)21)15-23(37)18-10-11-19(16-35)25(14-18)43-20-8-6-5-7-9-20/h5-14,27,29-30,32,38-39H,15-16,35H2,1-4H3,(H2,36,41)/t27-,29+,30-,32-/m1/s1. The number of aryl methyl sites for hydroxylation is 1. The third kappa shape index (κ3) is 6.79. The summed E-state index contributed by atoms with van der Waals surface area (Å²) in [5.41, 5.74) is 10.1. The highest BCUT2D eigenvalue weighted by Crippen LogP contribution is 2.38. The Morgan fingerprint density at radius 2 is 1.77 bits per heavy atom. The molecule has 0 bridgehead atoms. The van der Waals surface area contributed by atoms with Gasteiger partial charge in [0.15, 0.2) is 18.0 Å². The van der Waals surface area contributed by atoms with Crippen LogP contribution in [-0.4, -0.2) is 59.4 Å². The number of rotatable bonds is 10. The van der Waals surface area contributed by atoms with Crippen LogP contribution < -0.4 is 26.6 Å². The van der Waals surface area contributed by atoms with Crippen LogP contribution in [0.4, 0.5) is 4.79 Å². The van der Waals surface area contributed by atoms with E-state index in [-0.39, 0.29) is 34.4 Å². The van der Waals surface area contributed by atoms with E-state index in [2.05, 4.69) is 0 Å². The van der Waals surface area contributed by atoms with Crippen molar-refractivity contribution in [2.24, 2.45) is 11.5 Å². The number of nitrogens with two attached hydrogens (primary N) is 2. The van der Waals surface area contributed by atoms with Crippen LogP contribution in [0.2, 0.25) is 0 Å². The zero-order valence-electron chi connectivity index (χ0n) is 26.2. The second-order valence-corrected chi connectivity index (χ2v) is 11.6. The molecule has 0 aliphatic carbocycles.